The highest BCUT2D eigenvalue weighted by molar-refractivity contribution is 5.44. The molecular formula is C16H23N5. The van der Waals surface area contributed by atoms with Gasteiger partial charge in [0.1, 0.15) is 0 Å². The Hall–Kier alpha value is -1.88. The zero-order valence-corrected chi connectivity index (χ0v) is 13.2. The summed E-state index contributed by atoms with van der Waals surface area (Å²) < 4.78 is 0. The third kappa shape index (κ3) is 4.04. The summed E-state index contributed by atoms with van der Waals surface area (Å²) in [7, 11) is 0. The first kappa shape index (κ1) is 15.5. The molecule has 0 saturated heterocycles. The summed E-state index contributed by atoms with van der Waals surface area (Å²) in [5.41, 5.74) is 3.28. The number of aryl methyl sites for hydroxylation is 2. The number of nitrogens with one attached hydrogen (secondary N) is 1. The first-order valence-corrected chi connectivity index (χ1v) is 7.44. The Bertz CT molecular complexity index is 559. The molecule has 2 aromatic rings. The lowest BCUT2D eigenvalue weighted by Gasteiger charge is -2.15. The summed E-state index contributed by atoms with van der Waals surface area (Å²) in [6, 6.07) is 1.79. The average molecular weight is 285 g/mol. The van der Waals surface area contributed by atoms with Crippen molar-refractivity contribution < 1.29 is 0 Å². The van der Waals surface area contributed by atoms with Crippen LogP contribution >= 0.6 is 0 Å². The van der Waals surface area contributed by atoms with E-state index in [2.05, 4.69) is 39.1 Å². The molecule has 0 aromatic carbocycles. The molecule has 0 radical (unpaired) electrons. The van der Waals surface area contributed by atoms with Gasteiger partial charge in [0, 0.05) is 23.8 Å². The Morgan fingerprint density at radius 3 is 2.24 bits per heavy atom. The summed E-state index contributed by atoms with van der Waals surface area (Å²) in [6.07, 6.45) is 4.41. The summed E-state index contributed by atoms with van der Waals surface area (Å²) in [6.45, 7) is 10.5. The van der Waals surface area contributed by atoms with E-state index in [0.29, 0.717) is 17.6 Å². The van der Waals surface area contributed by atoms with E-state index in [-0.39, 0.29) is 0 Å². The Morgan fingerprint density at radius 2 is 1.67 bits per heavy atom. The number of aromatic nitrogens is 4. The third-order valence-corrected chi connectivity index (χ3v) is 3.48. The summed E-state index contributed by atoms with van der Waals surface area (Å²) in [4.78, 5) is 17.6. The predicted molar refractivity (Wildman–Crippen MR) is 83.9 cm³/mol. The predicted octanol–water partition coefficient (Wildman–Crippen LogP) is 2.34. The molecule has 5 heteroatoms. The van der Waals surface area contributed by atoms with E-state index < -0.39 is 0 Å². The molecule has 2 heterocycles. The summed E-state index contributed by atoms with van der Waals surface area (Å²) >= 11 is 0. The first-order valence-electron chi connectivity index (χ1n) is 7.44. The van der Waals surface area contributed by atoms with E-state index in [9.17, 15) is 0 Å². The fraction of sp³-hybridized carbons (Fsp3) is 0.500. The fourth-order valence-corrected chi connectivity index (χ4v) is 2.36. The average Bonchev–Trinajstić information content (AvgIpc) is 2.49. The van der Waals surface area contributed by atoms with Crippen molar-refractivity contribution in [1.82, 2.24) is 25.3 Å². The Morgan fingerprint density at radius 1 is 1.05 bits per heavy atom. The van der Waals surface area contributed by atoms with Crippen molar-refractivity contribution in [3.63, 3.8) is 0 Å². The van der Waals surface area contributed by atoms with Gasteiger partial charge in [-0.3, -0.25) is 0 Å². The van der Waals surface area contributed by atoms with E-state index in [4.69, 9.17) is 0 Å². The molecule has 0 fully saturated rings. The zero-order chi connectivity index (χ0) is 15.2. The van der Waals surface area contributed by atoms with Gasteiger partial charge in [0.2, 0.25) is 0 Å². The minimum absolute atomic E-state index is 0.560. The maximum Gasteiger partial charge on any atom is 0.198 e. The minimum atomic E-state index is 0.560. The quantitative estimate of drug-likeness (QED) is 0.882. The molecule has 0 aliphatic carbocycles. The highest BCUT2D eigenvalue weighted by atomic mass is 15.0. The van der Waals surface area contributed by atoms with Crippen molar-refractivity contribution in [3.05, 3.63) is 35.4 Å². The second kappa shape index (κ2) is 7.22. The van der Waals surface area contributed by atoms with E-state index >= 15 is 0 Å². The lowest BCUT2D eigenvalue weighted by Crippen LogP contribution is -2.22. The molecule has 0 aliphatic heterocycles. The van der Waals surface area contributed by atoms with Gasteiger partial charge in [-0.2, -0.15) is 0 Å². The monoisotopic (exact) mass is 285 g/mol. The molecule has 0 aliphatic rings. The molecule has 21 heavy (non-hydrogen) atoms. The van der Waals surface area contributed by atoms with Gasteiger partial charge in [0.25, 0.3) is 0 Å². The van der Waals surface area contributed by atoms with E-state index in [1.54, 1.807) is 18.5 Å². The second-order valence-corrected chi connectivity index (χ2v) is 5.39. The van der Waals surface area contributed by atoms with Crippen molar-refractivity contribution in [2.75, 3.05) is 13.1 Å². The van der Waals surface area contributed by atoms with Crippen LogP contribution in [0.4, 0.5) is 0 Å². The van der Waals surface area contributed by atoms with Crippen LogP contribution in [-0.4, -0.2) is 33.0 Å². The van der Waals surface area contributed by atoms with Crippen molar-refractivity contribution in [1.29, 1.82) is 0 Å². The molecule has 0 bridgehead atoms. The van der Waals surface area contributed by atoms with Gasteiger partial charge in [-0.05, 0) is 50.9 Å². The standard InChI is InChI=1S/C16H23N5/c1-5-17-10-11(2)9-14-12(3)20-16(21-13(14)4)15-18-7-6-8-19-15/h6-8,11,17H,5,9-10H2,1-4H3. The molecule has 112 valence electrons. The van der Waals surface area contributed by atoms with Gasteiger partial charge in [-0.1, -0.05) is 13.8 Å². The van der Waals surface area contributed by atoms with Crippen LogP contribution in [0.1, 0.15) is 30.8 Å². The van der Waals surface area contributed by atoms with Crippen molar-refractivity contribution in [2.24, 2.45) is 5.92 Å². The Kier molecular flexibility index (Phi) is 5.33. The SMILES string of the molecule is CCNCC(C)Cc1c(C)nc(-c2ncccn2)nc1C. The molecule has 0 spiro atoms. The third-order valence-electron chi connectivity index (χ3n) is 3.48. The molecule has 0 saturated carbocycles. The topological polar surface area (TPSA) is 63.6 Å². The lowest BCUT2D eigenvalue weighted by atomic mass is 9.98. The van der Waals surface area contributed by atoms with Crippen molar-refractivity contribution >= 4 is 0 Å². The molecule has 1 unspecified atom stereocenters. The van der Waals surface area contributed by atoms with Crippen LogP contribution in [0, 0.1) is 19.8 Å². The minimum Gasteiger partial charge on any atom is -0.317 e. The van der Waals surface area contributed by atoms with Crippen LogP contribution in [0.3, 0.4) is 0 Å². The van der Waals surface area contributed by atoms with Crippen molar-refractivity contribution in [3.8, 4) is 11.6 Å². The van der Waals surface area contributed by atoms with Gasteiger partial charge in [0.15, 0.2) is 11.6 Å². The maximum atomic E-state index is 4.58. The van der Waals surface area contributed by atoms with E-state index in [0.717, 1.165) is 30.9 Å². The second-order valence-electron chi connectivity index (χ2n) is 5.39. The highest BCUT2D eigenvalue weighted by Gasteiger charge is 2.13. The van der Waals surface area contributed by atoms with Crippen LogP contribution in [0.25, 0.3) is 11.6 Å². The van der Waals surface area contributed by atoms with Crippen molar-refractivity contribution in [2.45, 2.75) is 34.1 Å². The van der Waals surface area contributed by atoms with Gasteiger partial charge >= 0.3 is 0 Å². The number of hydrogen-bond acceptors (Lipinski definition) is 5. The molecule has 2 aromatic heterocycles. The molecule has 0 amide bonds. The molecule has 1 atom stereocenters. The molecule has 2 rings (SSSR count). The number of rotatable bonds is 6. The smallest absolute Gasteiger partial charge is 0.198 e. The number of nitrogens with zero attached hydrogens (tertiary/aromatic N) is 4. The van der Waals surface area contributed by atoms with Crippen LogP contribution in [0.5, 0.6) is 0 Å². The zero-order valence-electron chi connectivity index (χ0n) is 13.2. The van der Waals surface area contributed by atoms with Gasteiger partial charge in [-0.25, -0.2) is 19.9 Å². The Balaban J connectivity index is 2.22. The van der Waals surface area contributed by atoms with E-state index in [1.165, 1.54) is 5.56 Å². The largest absolute Gasteiger partial charge is 0.317 e. The van der Waals surface area contributed by atoms with Crippen LogP contribution in [0.2, 0.25) is 0 Å². The normalized spacial score (nSPS) is 12.4. The van der Waals surface area contributed by atoms with Crippen LogP contribution in [-0.2, 0) is 6.42 Å². The molecule has 5 nitrogen and oxygen atoms in total. The number of hydrogen-bond donors (Lipinski definition) is 1. The Labute approximate surface area is 126 Å². The molecule has 1 N–H and O–H groups in total. The summed E-state index contributed by atoms with van der Waals surface area (Å²) in [5, 5.41) is 3.38. The highest BCUT2D eigenvalue weighted by Crippen LogP contribution is 2.18. The van der Waals surface area contributed by atoms with Gasteiger partial charge < -0.3 is 5.32 Å². The molecular weight excluding hydrogens is 262 g/mol. The fourth-order valence-electron chi connectivity index (χ4n) is 2.36. The summed E-state index contributed by atoms with van der Waals surface area (Å²) in [5.74, 6) is 1.74. The van der Waals surface area contributed by atoms with Gasteiger partial charge in [-0.15, -0.1) is 0 Å². The van der Waals surface area contributed by atoms with Crippen LogP contribution < -0.4 is 5.32 Å². The van der Waals surface area contributed by atoms with E-state index in [1.807, 2.05) is 13.8 Å². The van der Waals surface area contributed by atoms with Crippen LogP contribution in [0.15, 0.2) is 18.5 Å². The first-order chi connectivity index (χ1) is 10.1. The maximum absolute atomic E-state index is 4.58. The van der Waals surface area contributed by atoms with Gasteiger partial charge in [0.05, 0.1) is 0 Å². The lowest BCUT2D eigenvalue weighted by molar-refractivity contribution is 0.517.